The van der Waals surface area contributed by atoms with Crippen LogP contribution < -0.4 is 0 Å². The Bertz CT molecular complexity index is 265. The lowest BCUT2D eigenvalue weighted by Gasteiger charge is -2.34. The molecular weight excluding hydrogens is 202 g/mol. The predicted octanol–water partition coefficient (Wildman–Crippen LogP) is 0.266. The van der Waals surface area contributed by atoms with Gasteiger partial charge in [-0.05, 0) is 0 Å². The molecule has 2 rings (SSSR count). The Morgan fingerprint density at radius 2 is 2.29 bits per heavy atom. The van der Waals surface area contributed by atoms with Crippen molar-refractivity contribution in [3.05, 3.63) is 0 Å². The van der Waals surface area contributed by atoms with E-state index in [-0.39, 0.29) is 22.3 Å². The second-order valence-electron chi connectivity index (χ2n) is 3.67. The summed E-state index contributed by atoms with van der Waals surface area (Å²) in [4.78, 5) is 24.3. The number of rotatable bonds is 2. The van der Waals surface area contributed by atoms with E-state index in [2.05, 4.69) is 0 Å². The largest absolute Gasteiger partial charge is 0.377 e. The Morgan fingerprint density at radius 1 is 1.57 bits per heavy atom. The first-order valence-corrected chi connectivity index (χ1v) is 5.59. The van der Waals surface area contributed by atoms with Crippen LogP contribution in [0.1, 0.15) is 13.3 Å². The smallest absolute Gasteiger partial charge is 0.224 e. The number of carbonyl (C=O) groups is 2. The molecule has 78 valence electrons. The number of nitrogens with zero attached hydrogens (tertiary/aromatic N) is 1. The van der Waals surface area contributed by atoms with E-state index in [1.165, 1.54) is 11.8 Å². The second kappa shape index (κ2) is 3.90. The van der Waals surface area contributed by atoms with E-state index >= 15 is 0 Å². The molecule has 1 amide bonds. The third kappa shape index (κ3) is 1.93. The fourth-order valence-corrected chi connectivity index (χ4v) is 2.70. The average molecular weight is 215 g/mol. The molecule has 1 atom stereocenters. The first-order chi connectivity index (χ1) is 6.66. The molecule has 1 unspecified atom stereocenters. The maximum Gasteiger partial charge on any atom is 0.224 e. The van der Waals surface area contributed by atoms with Crippen LogP contribution in [0.5, 0.6) is 0 Å². The summed E-state index contributed by atoms with van der Waals surface area (Å²) >= 11 is 1.28. The molecule has 0 spiro atoms. The molecule has 0 aromatic rings. The molecule has 2 aliphatic heterocycles. The van der Waals surface area contributed by atoms with Gasteiger partial charge in [-0.2, -0.15) is 0 Å². The molecule has 2 aliphatic rings. The van der Waals surface area contributed by atoms with Gasteiger partial charge >= 0.3 is 0 Å². The van der Waals surface area contributed by atoms with Gasteiger partial charge in [-0.3, -0.25) is 9.59 Å². The van der Waals surface area contributed by atoms with Crippen LogP contribution in [0.2, 0.25) is 0 Å². The summed E-state index contributed by atoms with van der Waals surface area (Å²) in [6, 6.07) is 0.264. The van der Waals surface area contributed by atoms with Gasteiger partial charge in [0.15, 0.2) is 5.12 Å². The van der Waals surface area contributed by atoms with Crippen LogP contribution >= 0.6 is 11.8 Å². The van der Waals surface area contributed by atoms with Crippen molar-refractivity contribution in [2.75, 3.05) is 19.8 Å². The van der Waals surface area contributed by atoms with E-state index in [9.17, 15) is 9.59 Å². The zero-order valence-electron chi connectivity index (χ0n) is 8.06. The number of hydrogen-bond acceptors (Lipinski definition) is 4. The van der Waals surface area contributed by atoms with Crippen LogP contribution in [0, 0.1) is 0 Å². The predicted molar refractivity (Wildman–Crippen MR) is 53.0 cm³/mol. The van der Waals surface area contributed by atoms with Crippen molar-refractivity contribution in [3.63, 3.8) is 0 Å². The molecule has 0 aromatic heterocycles. The van der Waals surface area contributed by atoms with Crippen molar-refractivity contribution in [1.29, 1.82) is 0 Å². The molecule has 4 nitrogen and oxygen atoms in total. The topological polar surface area (TPSA) is 46.6 Å². The quantitative estimate of drug-likeness (QED) is 0.663. The summed E-state index contributed by atoms with van der Waals surface area (Å²) in [5.74, 6) is 0.164. The molecular formula is C9H13NO3S. The lowest BCUT2D eigenvalue weighted by atomic mass is 10.2. The summed E-state index contributed by atoms with van der Waals surface area (Å²) < 4.78 is 5.04. The molecule has 14 heavy (non-hydrogen) atoms. The van der Waals surface area contributed by atoms with Gasteiger partial charge in [-0.15, -0.1) is 0 Å². The highest BCUT2D eigenvalue weighted by Gasteiger charge is 2.38. The molecule has 0 aromatic carbocycles. The summed E-state index contributed by atoms with van der Waals surface area (Å²) in [7, 11) is 0. The number of thioether (sulfide) groups is 1. The number of hydrogen-bond donors (Lipinski definition) is 0. The van der Waals surface area contributed by atoms with Gasteiger partial charge in [-0.1, -0.05) is 11.8 Å². The van der Waals surface area contributed by atoms with Gasteiger partial charge in [-0.25, -0.2) is 0 Å². The van der Waals surface area contributed by atoms with Gasteiger partial charge in [0.05, 0.1) is 19.3 Å². The molecule has 0 bridgehead atoms. The third-order valence-electron chi connectivity index (χ3n) is 2.52. The maximum atomic E-state index is 11.5. The van der Waals surface area contributed by atoms with E-state index in [0.29, 0.717) is 26.2 Å². The summed E-state index contributed by atoms with van der Waals surface area (Å²) in [5.41, 5.74) is 0. The normalized spacial score (nSPS) is 27.9. The Morgan fingerprint density at radius 3 is 2.79 bits per heavy atom. The summed E-state index contributed by atoms with van der Waals surface area (Å²) in [6.07, 6.45) is 0.501. The number of likely N-dealkylation sites (tertiary alicyclic amines) is 1. The molecule has 2 heterocycles. The lowest BCUT2D eigenvalue weighted by Crippen LogP contribution is -2.49. The van der Waals surface area contributed by atoms with Gasteiger partial charge in [0.1, 0.15) is 0 Å². The Hall–Kier alpha value is -0.550. The van der Waals surface area contributed by atoms with Gasteiger partial charge in [0, 0.05) is 25.1 Å². The summed E-state index contributed by atoms with van der Waals surface area (Å²) in [5, 5.41) is 0.245. The Kier molecular flexibility index (Phi) is 2.78. The van der Waals surface area contributed by atoms with Gasteiger partial charge < -0.3 is 9.64 Å². The van der Waals surface area contributed by atoms with E-state index in [1.54, 1.807) is 6.92 Å². The van der Waals surface area contributed by atoms with Crippen LogP contribution in [0.4, 0.5) is 0 Å². The van der Waals surface area contributed by atoms with Gasteiger partial charge in [0.25, 0.3) is 0 Å². The molecule has 0 aliphatic carbocycles. The van der Waals surface area contributed by atoms with E-state index in [4.69, 9.17) is 4.74 Å². The molecule has 0 saturated carbocycles. The van der Waals surface area contributed by atoms with Crippen molar-refractivity contribution in [2.24, 2.45) is 0 Å². The minimum Gasteiger partial charge on any atom is -0.377 e. The minimum atomic E-state index is 0.0921. The molecule has 5 heteroatoms. The average Bonchev–Trinajstić information content (AvgIpc) is 2.27. The van der Waals surface area contributed by atoms with Crippen molar-refractivity contribution in [2.45, 2.75) is 24.6 Å². The monoisotopic (exact) mass is 215 g/mol. The molecule has 0 N–H and O–H groups in total. The fourth-order valence-electron chi connectivity index (χ4n) is 1.77. The number of amides is 1. The number of carbonyl (C=O) groups excluding carboxylic acids is 2. The van der Waals surface area contributed by atoms with Gasteiger partial charge in [0.2, 0.25) is 5.91 Å². The molecule has 0 radical (unpaired) electrons. The lowest BCUT2D eigenvalue weighted by molar-refractivity contribution is -0.139. The van der Waals surface area contributed by atoms with E-state index < -0.39 is 0 Å². The van der Waals surface area contributed by atoms with Crippen molar-refractivity contribution >= 4 is 22.8 Å². The van der Waals surface area contributed by atoms with E-state index in [1.807, 2.05) is 4.90 Å². The Labute approximate surface area is 87.0 Å². The van der Waals surface area contributed by atoms with Crippen LogP contribution in [-0.2, 0) is 14.3 Å². The van der Waals surface area contributed by atoms with Crippen LogP contribution in [-0.4, -0.2) is 47.0 Å². The minimum absolute atomic E-state index is 0.0921. The molecule has 2 fully saturated rings. The fraction of sp³-hybridized carbons (Fsp3) is 0.778. The first-order valence-electron chi connectivity index (χ1n) is 4.71. The highest BCUT2D eigenvalue weighted by Crippen LogP contribution is 2.27. The third-order valence-corrected chi connectivity index (χ3v) is 3.50. The SMILES string of the molecule is CC(=O)SC1CC(=O)N(C2COC2)C1. The van der Waals surface area contributed by atoms with Crippen LogP contribution in [0.3, 0.4) is 0 Å². The zero-order chi connectivity index (χ0) is 10.1. The van der Waals surface area contributed by atoms with Crippen LogP contribution in [0.25, 0.3) is 0 Å². The zero-order valence-corrected chi connectivity index (χ0v) is 8.88. The Balaban J connectivity index is 1.89. The first kappa shape index (κ1) is 9.98. The summed E-state index contributed by atoms with van der Waals surface area (Å²) in [6.45, 7) is 3.56. The standard InChI is InChI=1S/C9H13NO3S/c1-6(11)14-8-2-9(12)10(3-8)7-4-13-5-7/h7-8H,2-5H2,1H3. The maximum absolute atomic E-state index is 11.5. The van der Waals surface area contributed by atoms with Crippen molar-refractivity contribution in [3.8, 4) is 0 Å². The number of ether oxygens (including phenoxy) is 1. The van der Waals surface area contributed by atoms with Crippen molar-refractivity contribution < 1.29 is 14.3 Å². The highest BCUT2D eigenvalue weighted by molar-refractivity contribution is 8.14. The molecule has 2 saturated heterocycles. The highest BCUT2D eigenvalue weighted by atomic mass is 32.2. The van der Waals surface area contributed by atoms with Crippen LogP contribution in [0.15, 0.2) is 0 Å². The van der Waals surface area contributed by atoms with Crippen molar-refractivity contribution in [1.82, 2.24) is 4.90 Å². The second-order valence-corrected chi connectivity index (χ2v) is 5.15. The van der Waals surface area contributed by atoms with E-state index in [0.717, 1.165) is 0 Å².